The molecule has 4 rings (SSSR count). The number of anilines is 2. The van der Waals surface area contributed by atoms with E-state index in [1.54, 1.807) is 18.7 Å². The van der Waals surface area contributed by atoms with Crippen LogP contribution in [0.15, 0.2) is 57.2 Å². The van der Waals surface area contributed by atoms with Crippen molar-refractivity contribution in [3.05, 3.63) is 42.5 Å². The lowest BCUT2D eigenvalue weighted by Crippen LogP contribution is -2.39. The van der Waals surface area contributed by atoms with E-state index in [2.05, 4.69) is 58.5 Å². The Kier molecular flexibility index (Phi) is 8.81. The number of para-hydroxylation sites is 1. The molecule has 1 saturated heterocycles. The summed E-state index contributed by atoms with van der Waals surface area (Å²) in [6, 6.07) is 15.6. The molecule has 0 saturated carbocycles. The maximum atomic E-state index is 9.41. The molecule has 1 unspecified atom stereocenters. The van der Waals surface area contributed by atoms with Gasteiger partial charge < -0.3 is 19.6 Å². The minimum atomic E-state index is -0.658. The summed E-state index contributed by atoms with van der Waals surface area (Å²) in [5, 5.41) is 9.41. The maximum absolute atomic E-state index is 9.41. The maximum Gasteiger partial charge on any atom is 0.152 e. The third-order valence-corrected chi connectivity index (χ3v) is 7.47. The smallest absolute Gasteiger partial charge is 0.152 e. The minimum Gasteiger partial charge on any atom is -0.368 e. The van der Waals surface area contributed by atoms with Gasteiger partial charge in [-0.1, -0.05) is 23.9 Å². The number of ether oxygens (including phenoxy) is 1. The molecule has 2 aliphatic heterocycles. The van der Waals surface area contributed by atoms with E-state index in [0.717, 1.165) is 45.4 Å². The third kappa shape index (κ3) is 5.67. The summed E-state index contributed by atoms with van der Waals surface area (Å²) in [4.78, 5) is 9.04. The second-order valence-corrected chi connectivity index (χ2v) is 9.65. The second kappa shape index (κ2) is 11.1. The standard InChI is InChI=1S/C23H30N2O2S2.ClH/c1-17(26)27-18-10-14-24(15-11-18)12-5-13-25-20-6-3-4-7-22(20)29-23-9-8-19(28-2)16-21(23)25;/h3-4,6-9,16-18,26H,5,10-15H2,1-2H3;1H. The van der Waals surface area contributed by atoms with E-state index < -0.39 is 6.29 Å². The van der Waals surface area contributed by atoms with Crippen molar-refractivity contribution in [2.24, 2.45) is 0 Å². The van der Waals surface area contributed by atoms with Gasteiger partial charge in [-0.3, -0.25) is 0 Å². The lowest BCUT2D eigenvalue weighted by molar-refractivity contribution is -0.136. The van der Waals surface area contributed by atoms with Crippen LogP contribution < -0.4 is 4.90 Å². The largest absolute Gasteiger partial charge is 0.368 e. The van der Waals surface area contributed by atoms with Gasteiger partial charge in [0.15, 0.2) is 6.29 Å². The Morgan fingerprint density at radius 1 is 1.10 bits per heavy atom. The molecule has 1 fully saturated rings. The number of fused-ring (bicyclic) bond motifs is 2. The predicted octanol–water partition coefficient (Wildman–Crippen LogP) is 5.64. The molecule has 0 aromatic heterocycles. The first kappa shape index (κ1) is 23.8. The molecule has 164 valence electrons. The molecule has 7 heteroatoms. The summed E-state index contributed by atoms with van der Waals surface area (Å²) in [5.74, 6) is 0. The van der Waals surface area contributed by atoms with E-state index in [4.69, 9.17) is 4.74 Å². The van der Waals surface area contributed by atoms with Crippen LogP contribution in [0.3, 0.4) is 0 Å². The predicted molar refractivity (Wildman–Crippen MR) is 130 cm³/mol. The highest BCUT2D eigenvalue weighted by atomic mass is 35.5. The van der Waals surface area contributed by atoms with Gasteiger partial charge in [0.2, 0.25) is 0 Å². The Morgan fingerprint density at radius 3 is 2.57 bits per heavy atom. The molecule has 0 radical (unpaired) electrons. The first-order valence-corrected chi connectivity index (χ1v) is 12.5. The third-order valence-electron chi connectivity index (χ3n) is 5.61. The Labute approximate surface area is 194 Å². The van der Waals surface area contributed by atoms with Gasteiger partial charge in [-0.15, -0.1) is 24.2 Å². The summed E-state index contributed by atoms with van der Waals surface area (Å²) in [6.07, 6.45) is 4.83. The first-order chi connectivity index (χ1) is 14.1. The van der Waals surface area contributed by atoms with E-state index >= 15 is 0 Å². The summed E-state index contributed by atoms with van der Waals surface area (Å²) in [5.41, 5.74) is 2.66. The number of halogens is 1. The number of hydrogen-bond donors (Lipinski definition) is 1. The van der Waals surface area contributed by atoms with Gasteiger partial charge in [0, 0.05) is 34.3 Å². The summed E-state index contributed by atoms with van der Waals surface area (Å²) < 4.78 is 5.56. The average Bonchev–Trinajstić information content (AvgIpc) is 2.73. The molecule has 2 heterocycles. The molecule has 0 spiro atoms. The van der Waals surface area contributed by atoms with E-state index in [1.807, 2.05) is 11.8 Å². The fourth-order valence-electron chi connectivity index (χ4n) is 4.18. The lowest BCUT2D eigenvalue weighted by Gasteiger charge is -2.35. The quantitative estimate of drug-likeness (QED) is 0.420. The van der Waals surface area contributed by atoms with Gasteiger partial charge in [-0.25, -0.2) is 0 Å². The Bertz CT molecular complexity index is 829. The average molecular weight is 467 g/mol. The monoisotopic (exact) mass is 466 g/mol. The van der Waals surface area contributed by atoms with Crippen LogP contribution in [0.5, 0.6) is 0 Å². The highest BCUT2D eigenvalue weighted by molar-refractivity contribution is 8.00. The van der Waals surface area contributed by atoms with Crippen LogP contribution in [-0.4, -0.2) is 54.8 Å². The van der Waals surface area contributed by atoms with Gasteiger partial charge in [0.25, 0.3) is 0 Å². The number of aliphatic hydroxyl groups is 1. The van der Waals surface area contributed by atoms with Crippen molar-refractivity contribution >= 4 is 47.3 Å². The number of rotatable bonds is 7. The Balaban J connectivity index is 0.00000256. The van der Waals surface area contributed by atoms with Gasteiger partial charge in [-0.2, -0.15) is 0 Å². The van der Waals surface area contributed by atoms with Crippen LogP contribution in [0.25, 0.3) is 0 Å². The zero-order valence-corrected chi connectivity index (χ0v) is 20.1. The molecule has 2 aromatic carbocycles. The Hall–Kier alpha value is -0.890. The zero-order chi connectivity index (χ0) is 20.2. The number of benzene rings is 2. The molecule has 0 aliphatic carbocycles. The van der Waals surface area contributed by atoms with Crippen molar-refractivity contribution in [2.75, 3.05) is 37.3 Å². The SMILES string of the molecule is CSc1ccc2c(c1)N(CCCN1CCC(OC(C)O)CC1)c1ccccc1S2.Cl. The van der Waals surface area contributed by atoms with E-state index in [1.165, 1.54) is 26.1 Å². The zero-order valence-electron chi connectivity index (χ0n) is 17.6. The number of nitrogens with zero attached hydrogens (tertiary/aromatic N) is 2. The first-order valence-electron chi connectivity index (χ1n) is 10.4. The highest BCUT2D eigenvalue weighted by Gasteiger charge is 2.24. The second-order valence-electron chi connectivity index (χ2n) is 7.69. The van der Waals surface area contributed by atoms with Crippen molar-refractivity contribution in [2.45, 2.75) is 53.3 Å². The van der Waals surface area contributed by atoms with Crippen molar-refractivity contribution in [1.82, 2.24) is 4.90 Å². The normalized spacial score (nSPS) is 17.8. The Morgan fingerprint density at radius 2 is 1.83 bits per heavy atom. The van der Waals surface area contributed by atoms with Gasteiger partial charge in [0.1, 0.15) is 0 Å². The fourth-order valence-corrected chi connectivity index (χ4v) is 5.69. The lowest BCUT2D eigenvalue weighted by atomic mass is 10.1. The van der Waals surface area contributed by atoms with Crippen LogP contribution in [0.4, 0.5) is 11.4 Å². The minimum absolute atomic E-state index is 0. The van der Waals surface area contributed by atoms with Crippen LogP contribution in [0, 0.1) is 0 Å². The molecule has 2 aromatic rings. The fraction of sp³-hybridized carbons (Fsp3) is 0.478. The molecule has 0 amide bonds. The van der Waals surface area contributed by atoms with Crippen LogP contribution in [0.2, 0.25) is 0 Å². The molecule has 30 heavy (non-hydrogen) atoms. The van der Waals surface area contributed by atoms with Gasteiger partial charge in [0.05, 0.1) is 17.5 Å². The van der Waals surface area contributed by atoms with E-state index in [-0.39, 0.29) is 18.5 Å². The molecule has 4 nitrogen and oxygen atoms in total. The number of hydrogen-bond acceptors (Lipinski definition) is 6. The van der Waals surface area contributed by atoms with Crippen molar-refractivity contribution in [1.29, 1.82) is 0 Å². The summed E-state index contributed by atoms with van der Waals surface area (Å²) >= 11 is 3.68. The van der Waals surface area contributed by atoms with E-state index in [0.29, 0.717) is 0 Å². The van der Waals surface area contributed by atoms with Gasteiger partial charge >= 0.3 is 0 Å². The summed E-state index contributed by atoms with van der Waals surface area (Å²) in [6.45, 7) is 5.92. The highest BCUT2D eigenvalue weighted by Crippen LogP contribution is 2.48. The van der Waals surface area contributed by atoms with Crippen LogP contribution in [-0.2, 0) is 4.74 Å². The van der Waals surface area contributed by atoms with E-state index in [9.17, 15) is 5.11 Å². The number of likely N-dealkylation sites (tertiary alicyclic amines) is 1. The van der Waals surface area contributed by atoms with Crippen LogP contribution in [0.1, 0.15) is 26.2 Å². The topological polar surface area (TPSA) is 35.9 Å². The number of piperidine rings is 1. The molecule has 1 N–H and O–H groups in total. The van der Waals surface area contributed by atoms with Crippen LogP contribution >= 0.6 is 35.9 Å². The molecule has 1 atom stereocenters. The van der Waals surface area contributed by atoms with Gasteiger partial charge in [-0.05, 0) is 69.3 Å². The molecule has 2 aliphatic rings. The summed E-state index contributed by atoms with van der Waals surface area (Å²) in [7, 11) is 0. The number of aliphatic hydroxyl groups excluding tert-OH is 1. The number of thioether (sulfide) groups is 1. The van der Waals surface area contributed by atoms with Crippen molar-refractivity contribution in [3.8, 4) is 0 Å². The van der Waals surface area contributed by atoms with Crippen molar-refractivity contribution < 1.29 is 9.84 Å². The van der Waals surface area contributed by atoms with Crippen molar-refractivity contribution in [3.63, 3.8) is 0 Å². The molecular weight excluding hydrogens is 436 g/mol. The molecular formula is C23H31ClN2O2S2. The molecule has 0 bridgehead atoms.